The molecule has 28 heavy (non-hydrogen) atoms. The van der Waals surface area contributed by atoms with Crippen molar-refractivity contribution < 1.29 is 4.74 Å². The topological polar surface area (TPSA) is 64.9 Å². The summed E-state index contributed by atoms with van der Waals surface area (Å²) >= 11 is 12.5. The molecule has 0 saturated carbocycles. The lowest BCUT2D eigenvalue weighted by Crippen LogP contribution is -2.07. The quantitative estimate of drug-likeness (QED) is 0.461. The first-order chi connectivity index (χ1) is 13.7. The predicted molar refractivity (Wildman–Crippen MR) is 109 cm³/mol. The SMILES string of the molecule is Clc1cccc(-n2cnnc2NCc2ccccc2Oc2cccnc2)c1Cl. The molecule has 0 unspecified atom stereocenters. The molecule has 0 aliphatic heterocycles. The first-order valence-corrected chi connectivity index (χ1v) is 9.22. The van der Waals surface area contributed by atoms with Crippen LogP contribution in [-0.2, 0) is 6.54 Å². The summed E-state index contributed by atoms with van der Waals surface area (Å²) in [4.78, 5) is 4.07. The molecule has 6 nitrogen and oxygen atoms in total. The van der Waals surface area contributed by atoms with E-state index in [4.69, 9.17) is 27.9 Å². The van der Waals surface area contributed by atoms with Gasteiger partial charge in [-0.2, -0.15) is 0 Å². The molecule has 1 N–H and O–H groups in total. The highest BCUT2D eigenvalue weighted by Gasteiger charge is 2.12. The van der Waals surface area contributed by atoms with E-state index < -0.39 is 0 Å². The number of aromatic nitrogens is 4. The summed E-state index contributed by atoms with van der Waals surface area (Å²) in [5.74, 6) is 1.94. The second kappa shape index (κ2) is 8.29. The van der Waals surface area contributed by atoms with Crippen molar-refractivity contribution in [3.63, 3.8) is 0 Å². The van der Waals surface area contributed by atoms with Crippen molar-refractivity contribution in [3.8, 4) is 17.2 Å². The van der Waals surface area contributed by atoms with Gasteiger partial charge in [-0.05, 0) is 30.3 Å². The van der Waals surface area contributed by atoms with E-state index in [0.29, 0.717) is 34.0 Å². The second-order valence-electron chi connectivity index (χ2n) is 5.85. The van der Waals surface area contributed by atoms with Gasteiger partial charge in [0, 0.05) is 18.3 Å². The highest BCUT2D eigenvalue weighted by molar-refractivity contribution is 6.43. The Morgan fingerprint density at radius 2 is 1.89 bits per heavy atom. The summed E-state index contributed by atoms with van der Waals surface area (Å²) in [6.07, 6.45) is 4.95. The molecule has 0 fully saturated rings. The van der Waals surface area contributed by atoms with Crippen LogP contribution < -0.4 is 10.1 Å². The van der Waals surface area contributed by atoms with Gasteiger partial charge in [0.15, 0.2) is 0 Å². The van der Waals surface area contributed by atoms with Gasteiger partial charge in [-0.15, -0.1) is 10.2 Å². The molecular weight excluding hydrogens is 397 g/mol. The lowest BCUT2D eigenvalue weighted by molar-refractivity contribution is 0.474. The minimum absolute atomic E-state index is 0.437. The minimum atomic E-state index is 0.437. The van der Waals surface area contributed by atoms with Crippen LogP contribution in [0.25, 0.3) is 5.69 Å². The molecule has 0 spiro atoms. The smallest absolute Gasteiger partial charge is 0.229 e. The summed E-state index contributed by atoms with van der Waals surface area (Å²) in [6.45, 7) is 0.479. The number of ether oxygens (including phenoxy) is 1. The van der Waals surface area contributed by atoms with E-state index in [9.17, 15) is 0 Å². The standard InChI is InChI=1S/C20H15Cl2N5O/c21-16-7-3-8-17(19(16)22)27-13-25-26-20(27)24-11-14-5-1-2-9-18(14)28-15-6-4-10-23-12-15/h1-10,12-13H,11H2,(H,24,26). The van der Waals surface area contributed by atoms with E-state index in [1.807, 2.05) is 48.5 Å². The third-order valence-electron chi connectivity index (χ3n) is 4.01. The van der Waals surface area contributed by atoms with Crippen molar-refractivity contribution in [1.82, 2.24) is 19.7 Å². The minimum Gasteiger partial charge on any atom is -0.455 e. The average Bonchev–Trinajstić information content (AvgIpc) is 3.18. The van der Waals surface area contributed by atoms with Gasteiger partial charge < -0.3 is 10.1 Å². The van der Waals surface area contributed by atoms with Gasteiger partial charge in [-0.1, -0.05) is 47.5 Å². The maximum atomic E-state index is 6.33. The van der Waals surface area contributed by atoms with E-state index in [2.05, 4.69) is 20.5 Å². The molecule has 4 rings (SSSR count). The molecule has 4 aromatic rings. The van der Waals surface area contributed by atoms with Crippen LogP contribution in [0, 0.1) is 0 Å². The van der Waals surface area contributed by atoms with E-state index in [-0.39, 0.29) is 0 Å². The Labute approximate surface area is 171 Å². The molecule has 0 bridgehead atoms. The van der Waals surface area contributed by atoms with Crippen LogP contribution in [-0.4, -0.2) is 19.7 Å². The van der Waals surface area contributed by atoms with Crippen molar-refractivity contribution in [2.45, 2.75) is 6.54 Å². The third-order valence-corrected chi connectivity index (χ3v) is 4.82. The van der Waals surface area contributed by atoms with Gasteiger partial charge >= 0.3 is 0 Å². The van der Waals surface area contributed by atoms with Crippen LogP contribution in [0.4, 0.5) is 5.95 Å². The average molecular weight is 412 g/mol. The molecular formula is C20H15Cl2N5O. The predicted octanol–water partition coefficient (Wildman–Crippen LogP) is 5.37. The van der Waals surface area contributed by atoms with Gasteiger partial charge in [0.05, 0.1) is 21.9 Å². The monoisotopic (exact) mass is 411 g/mol. The molecule has 0 atom stereocenters. The van der Waals surface area contributed by atoms with E-state index in [1.165, 1.54) is 0 Å². The third kappa shape index (κ3) is 3.93. The Hall–Kier alpha value is -3.09. The van der Waals surface area contributed by atoms with E-state index >= 15 is 0 Å². The van der Waals surface area contributed by atoms with Crippen molar-refractivity contribution in [2.75, 3.05) is 5.32 Å². The second-order valence-corrected chi connectivity index (χ2v) is 6.63. The van der Waals surface area contributed by atoms with Crippen LogP contribution in [0.15, 0.2) is 73.3 Å². The zero-order valence-corrected chi connectivity index (χ0v) is 16.1. The fourth-order valence-corrected chi connectivity index (χ4v) is 3.06. The normalized spacial score (nSPS) is 10.6. The van der Waals surface area contributed by atoms with Crippen LogP contribution in [0.5, 0.6) is 11.5 Å². The number of anilines is 1. The molecule has 140 valence electrons. The Balaban J connectivity index is 1.55. The Bertz CT molecular complexity index is 1080. The summed E-state index contributed by atoms with van der Waals surface area (Å²) in [5, 5.41) is 12.3. The fraction of sp³-hybridized carbons (Fsp3) is 0.0500. The highest BCUT2D eigenvalue weighted by atomic mass is 35.5. The summed E-state index contributed by atoms with van der Waals surface area (Å²) in [5.41, 5.74) is 1.65. The number of benzene rings is 2. The molecule has 0 aliphatic rings. The number of halogens is 2. The molecule has 0 saturated heterocycles. The summed E-state index contributed by atoms with van der Waals surface area (Å²) < 4.78 is 7.69. The zero-order chi connectivity index (χ0) is 19.3. The van der Waals surface area contributed by atoms with Gasteiger partial charge in [-0.25, -0.2) is 0 Å². The number of hydrogen-bond acceptors (Lipinski definition) is 5. The maximum absolute atomic E-state index is 6.33. The van der Waals surface area contributed by atoms with E-state index in [0.717, 1.165) is 11.3 Å². The summed E-state index contributed by atoms with van der Waals surface area (Å²) in [6, 6.07) is 16.8. The Morgan fingerprint density at radius 3 is 2.75 bits per heavy atom. The number of nitrogens with one attached hydrogen (secondary N) is 1. The molecule has 8 heteroatoms. The number of para-hydroxylation sites is 1. The first kappa shape index (κ1) is 18.3. The number of rotatable bonds is 6. The largest absolute Gasteiger partial charge is 0.455 e. The molecule has 2 aromatic heterocycles. The van der Waals surface area contributed by atoms with Crippen LogP contribution in [0.2, 0.25) is 10.0 Å². The van der Waals surface area contributed by atoms with Crippen LogP contribution in [0.3, 0.4) is 0 Å². The van der Waals surface area contributed by atoms with Crippen molar-refractivity contribution in [1.29, 1.82) is 0 Å². The Morgan fingerprint density at radius 1 is 1.00 bits per heavy atom. The van der Waals surface area contributed by atoms with Crippen LogP contribution >= 0.6 is 23.2 Å². The Kier molecular flexibility index (Phi) is 5.41. The number of hydrogen-bond donors (Lipinski definition) is 1. The highest BCUT2D eigenvalue weighted by Crippen LogP contribution is 2.30. The van der Waals surface area contributed by atoms with E-state index in [1.54, 1.807) is 29.4 Å². The molecule has 2 heterocycles. The number of pyridine rings is 1. The molecule has 2 aromatic carbocycles. The number of nitrogens with zero attached hydrogens (tertiary/aromatic N) is 4. The van der Waals surface area contributed by atoms with Crippen molar-refractivity contribution in [3.05, 3.63) is 88.9 Å². The molecule has 0 radical (unpaired) electrons. The fourth-order valence-electron chi connectivity index (χ4n) is 2.67. The van der Waals surface area contributed by atoms with Crippen molar-refractivity contribution in [2.24, 2.45) is 0 Å². The van der Waals surface area contributed by atoms with Gasteiger partial charge in [0.2, 0.25) is 5.95 Å². The first-order valence-electron chi connectivity index (χ1n) is 8.46. The van der Waals surface area contributed by atoms with Gasteiger partial charge in [0.1, 0.15) is 17.8 Å². The van der Waals surface area contributed by atoms with Gasteiger partial charge in [0.25, 0.3) is 0 Å². The summed E-state index contributed by atoms with van der Waals surface area (Å²) in [7, 11) is 0. The van der Waals surface area contributed by atoms with Crippen molar-refractivity contribution >= 4 is 29.2 Å². The van der Waals surface area contributed by atoms with Crippen LogP contribution in [0.1, 0.15) is 5.56 Å². The lowest BCUT2D eigenvalue weighted by Gasteiger charge is -2.13. The molecule has 0 aliphatic carbocycles. The zero-order valence-electron chi connectivity index (χ0n) is 14.6. The lowest BCUT2D eigenvalue weighted by atomic mass is 10.2. The maximum Gasteiger partial charge on any atom is 0.229 e. The van der Waals surface area contributed by atoms with Gasteiger partial charge in [-0.3, -0.25) is 9.55 Å². The molecule has 0 amide bonds.